The Balaban J connectivity index is 1.14. The fourth-order valence-electron chi connectivity index (χ4n) is 6.19. The van der Waals surface area contributed by atoms with Crippen molar-refractivity contribution in [3.05, 3.63) is 29.3 Å². The van der Waals surface area contributed by atoms with Gasteiger partial charge in [0.2, 0.25) is 5.95 Å². The number of hydrogen-bond acceptors (Lipinski definition) is 17. The average Bonchev–Trinajstić information content (AvgIpc) is 3.80. The van der Waals surface area contributed by atoms with Crippen LogP contribution >= 0.6 is 14.5 Å². The van der Waals surface area contributed by atoms with E-state index in [2.05, 4.69) is 29.9 Å². The second kappa shape index (κ2) is 10.5. The number of nitrogens with zero attached hydrogens (tertiary/aromatic N) is 7. The molecule has 24 heteroatoms. The van der Waals surface area contributed by atoms with E-state index < -0.39 is 81.7 Å². The summed E-state index contributed by atoms with van der Waals surface area (Å²) in [7, 11) is -4.82. The SMILES string of the molecule is C[C@H]1[C@H]2OP(O)(=S)OC[C@@]34CO[C@@H]([C@H](n5cnc6c(N)ncnc65)O3)[C@@H]4OP(=O)(O)OC[C@H]1O[C@H]2n1cnc2c(=O)[nH]c(N)nc21. The minimum Gasteiger partial charge on any atom is -0.382 e. The number of hydrogen-bond donors (Lipinski definition) is 5. The van der Waals surface area contributed by atoms with Crippen LogP contribution in [0.15, 0.2) is 23.8 Å². The smallest absolute Gasteiger partial charge is 0.382 e. The lowest BCUT2D eigenvalue weighted by Gasteiger charge is -2.33. The molecule has 7 N–H and O–H groups in total. The Morgan fingerprint density at radius 2 is 1.78 bits per heavy atom. The molecular weight excluding hydrogens is 674 g/mol. The van der Waals surface area contributed by atoms with E-state index in [0.29, 0.717) is 11.2 Å². The zero-order valence-corrected chi connectivity index (χ0v) is 26.2. The van der Waals surface area contributed by atoms with Gasteiger partial charge in [-0.3, -0.25) is 28.0 Å². The number of aromatic amines is 1. The summed E-state index contributed by atoms with van der Waals surface area (Å²) in [6, 6.07) is 0. The van der Waals surface area contributed by atoms with Crippen LogP contribution in [0.1, 0.15) is 19.4 Å². The van der Waals surface area contributed by atoms with Crippen LogP contribution in [0.2, 0.25) is 0 Å². The highest BCUT2D eigenvalue weighted by atomic mass is 32.5. The summed E-state index contributed by atoms with van der Waals surface area (Å²) < 4.78 is 57.9. The predicted molar refractivity (Wildman–Crippen MR) is 156 cm³/mol. The van der Waals surface area contributed by atoms with Crippen LogP contribution < -0.4 is 17.0 Å². The van der Waals surface area contributed by atoms with Crippen LogP contribution in [0.3, 0.4) is 0 Å². The number of anilines is 2. The Kier molecular flexibility index (Phi) is 6.94. The van der Waals surface area contributed by atoms with Crippen molar-refractivity contribution in [2.75, 3.05) is 31.3 Å². The molecule has 4 saturated heterocycles. The number of nitrogen functional groups attached to an aromatic ring is 2. The van der Waals surface area contributed by atoms with E-state index >= 15 is 0 Å². The van der Waals surface area contributed by atoms with Gasteiger partial charge in [0, 0.05) is 5.92 Å². The summed E-state index contributed by atoms with van der Waals surface area (Å²) in [6.45, 7) is -3.48. The van der Waals surface area contributed by atoms with Crippen LogP contribution in [-0.2, 0) is 48.7 Å². The van der Waals surface area contributed by atoms with Crippen molar-refractivity contribution in [3.63, 3.8) is 0 Å². The Morgan fingerprint density at radius 3 is 2.59 bits per heavy atom. The number of rotatable bonds is 2. The number of phosphoric ester groups is 1. The summed E-state index contributed by atoms with van der Waals surface area (Å²) in [5.74, 6) is -0.639. The highest BCUT2D eigenvalue weighted by Gasteiger charge is 2.66. The molecule has 4 fully saturated rings. The van der Waals surface area contributed by atoms with Crippen molar-refractivity contribution >= 4 is 60.4 Å². The second-order valence-corrected chi connectivity index (χ2v) is 15.4. The molecule has 21 nitrogen and oxygen atoms in total. The van der Waals surface area contributed by atoms with Gasteiger partial charge in [-0.2, -0.15) is 4.98 Å². The fraction of sp³-hybridized carbons (Fsp3) is 0.545. The molecule has 2 unspecified atom stereocenters. The molecule has 4 bridgehead atoms. The molecule has 8 heterocycles. The Bertz CT molecular complexity index is 2030. The number of ether oxygens (including phenoxy) is 3. The van der Waals surface area contributed by atoms with E-state index in [4.69, 9.17) is 55.6 Å². The van der Waals surface area contributed by atoms with E-state index in [9.17, 15) is 19.1 Å². The molecule has 246 valence electrons. The van der Waals surface area contributed by atoms with Gasteiger partial charge in [0.15, 0.2) is 35.1 Å². The molecule has 0 aromatic carbocycles. The number of nitrogens with one attached hydrogen (secondary N) is 1. The van der Waals surface area contributed by atoms with Crippen LogP contribution in [0.4, 0.5) is 11.8 Å². The maximum absolute atomic E-state index is 13.4. The van der Waals surface area contributed by atoms with Gasteiger partial charge in [0.25, 0.3) is 5.56 Å². The highest BCUT2D eigenvalue weighted by molar-refractivity contribution is 8.07. The van der Waals surface area contributed by atoms with Gasteiger partial charge in [-0.25, -0.2) is 24.5 Å². The summed E-state index contributed by atoms with van der Waals surface area (Å²) in [4.78, 5) is 57.7. The average molecular weight is 701 g/mol. The zero-order valence-electron chi connectivity index (χ0n) is 23.6. The van der Waals surface area contributed by atoms with Crippen LogP contribution in [0, 0.1) is 5.92 Å². The first kappa shape index (κ1) is 30.4. The summed E-state index contributed by atoms with van der Waals surface area (Å²) in [6.07, 6.45) is -2.27. The lowest BCUT2D eigenvalue weighted by atomic mass is 10.0. The first-order chi connectivity index (χ1) is 21.8. The lowest BCUT2D eigenvalue weighted by molar-refractivity contribution is -0.183. The quantitative estimate of drug-likeness (QED) is 0.164. The number of imidazole rings is 2. The van der Waals surface area contributed by atoms with Gasteiger partial charge < -0.3 is 44.5 Å². The third kappa shape index (κ3) is 4.80. The van der Waals surface area contributed by atoms with Gasteiger partial charge in [-0.1, -0.05) is 6.92 Å². The number of nitrogens with two attached hydrogens (primary N) is 2. The Hall–Kier alpha value is -2.98. The predicted octanol–water partition coefficient (Wildman–Crippen LogP) is -0.542. The van der Waals surface area contributed by atoms with E-state index in [-0.39, 0.29) is 29.5 Å². The first-order valence-corrected chi connectivity index (χ1v) is 17.9. The van der Waals surface area contributed by atoms with Gasteiger partial charge in [-0.05, 0) is 11.8 Å². The molecule has 4 aliphatic rings. The van der Waals surface area contributed by atoms with Crippen LogP contribution in [-0.4, -0.2) is 98.7 Å². The molecule has 4 aromatic rings. The van der Waals surface area contributed by atoms with Crippen LogP contribution in [0.5, 0.6) is 0 Å². The molecule has 4 aliphatic heterocycles. The summed E-state index contributed by atoms with van der Waals surface area (Å²) in [5, 5.41) is 0. The fourth-order valence-corrected chi connectivity index (χ4v) is 8.69. The minimum atomic E-state index is -4.82. The van der Waals surface area contributed by atoms with E-state index in [0.717, 1.165) is 0 Å². The van der Waals surface area contributed by atoms with E-state index in [1.54, 1.807) is 6.92 Å². The van der Waals surface area contributed by atoms with Gasteiger partial charge in [0.1, 0.15) is 35.8 Å². The molecule has 8 rings (SSSR count). The first-order valence-electron chi connectivity index (χ1n) is 13.8. The molecule has 0 spiro atoms. The topological polar surface area (TPSA) is 281 Å². The van der Waals surface area contributed by atoms with Crippen molar-refractivity contribution in [2.45, 2.75) is 49.4 Å². The maximum Gasteiger partial charge on any atom is 0.472 e. The number of phosphoric acid groups is 1. The number of aromatic nitrogens is 8. The van der Waals surface area contributed by atoms with Crippen molar-refractivity contribution in [2.24, 2.45) is 5.92 Å². The monoisotopic (exact) mass is 700 g/mol. The molecule has 10 atom stereocenters. The highest BCUT2D eigenvalue weighted by Crippen LogP contribution is 2.58. The maximum atomic E-state index is 13.4. The molecule has 0 saturated carbocycles. The standard InChI is InChI=1S/C22H26N10O11P2S/c1-8-9-2-38-44(34,35)43-14-13-20(31-6-27-10-15(23)25-5-26-16(10)31)41-22(14,3-37-13)4-39-45(36,46)42-12(8)19(40-9)32-7-28-11-17(32)29-21(24)30-18(11)33/h5-9,12-14,19-20H,2-4H2,1H3,(H,34,35)(H,36,46)(H2,23,25,26)(H3,24,29,30,33)/t8-,9-,12-,13-,14+,19-,20-,22-,45?/m1/s1. The Labute approximate surface area is 262 Å². The minimum absolute atomic E-state index is 0.0278. The van der Waals surface area contributed by atoms with Gasteiger partial charge >= 0.3 is 14.5 Å². The van der Waals surface area contributed by atoms with Crippen molar-refractivity contribution in [1.82, 2.24) is 39.0 Å². The summed E-state index contributed by atoms with van der Waals surface area (Å²) >= 11 is 5.43. The zero-order chi connectivity index (χ0) is 32.2. The van der Waals surface area contributed by atoms with Crippen molar-refractivity contribution in [3.8, 4) is 0 Å². The Morgan fingerprint density at radius 1 is 1.02 bits per heavy atom. The largest absolute Gasteiger partial charge is 0.472 e. The van der Waals surface area contributed by atoms with Gasteiger partial charge in [-0.15, -0.1) is 0 Å². The van der Waals surface area contributed by atoms with E-state index in [1.807, 2.05) is 0 Å². The van der Waals surface area contributed by atoms with E-state index in [1.165, 1.54) is 28.1 Å². The van der Waals surface area contributed by atoms with Crippen molar-refractivity contribution < 1.29 is 46.7 Å². The van der Waals surface area contributed by atoms with Gasteiger partial charge in [0.05, 0.1) is 38.6 Å². The molecule has 0 amide bonds. The molecular formula is C22H26N10O11P2S. The molecule has 0 radical (unpaired) electrons. The third-order valence-electron chi connectivity index (χ3n) is 8.44. The summed E-state index contributed by atoms with van der Waals surface area (Å²) in [5.41, 5.74) is 10.2. The van der Waals surface area contributed by atoms with Crippen molar-refractivity contribution in [1.29, 1.82) is 0 Å². The molecule has 46 heavy (non-hydrogen) atoms. The number of H-pyrrole nitrogens is 1. The third-order valence-corrected chi connectivity index (χ3v) is 10.9. The normalized spacial score (nSPS) is 39.7. The second-order valence-electron chi connectivity index (χ2n) is 11.2. The molecule has 4 aromatic heterocycles. The lowest BCUT2D eigenvalue weighted by Crippen LogP contribution is -2.45. The number of fused-ring (bicyclic) bond motifs is 4. The van der Waals surface area contributed by atoms with Crippen LogP contribution in [0.25, 0.3) is 22.3 Å². The molecule has 0 aliphatic carbocycles.